The number of benzene rings is 1. The molecule has 83 valence electrons. The van der Waals surface area contributed by atoms with Crippen molar-refractivity contribution in [3.63, 3.8) is 0 Å². The number of halogens is 3. The predicted octanol–water partition coefficient (Wildman–Crippen LogP) is 3.53. The lowest BCUT2D eigenvalue weighted by Crippen LogP contribution is -2.16. The highest BCUT2D eigenvalue weighted by Gasteiger charge is 2.30. The van der Waals surface area contributed by atoms with E-state index in [9.17, 15) is 13.2 Å². The van der Waals surface area contributed by atoms with E-state index in [1.54, 1.807) is 0 Å². The van der Waals surface area contributed by atoms with Crippen molar-refractivity contribution >= 4 is 18.0 Å². The third kappa shape index (κ3) is 2.47. The van der Waals surface area contributed by atoms with E-state index >= 15 is 0 Å². The Bertz CT molecular complexity index is 459. The first-order valence-corrected chi connectivity index (χ1v) is 5.29. The fourth-order valence-electron chi connectivity index (χ4n) is 1.20. The molecule has 1 aliphatic heterocycles. The van der Waals surface area contributed by atoms with Crippen LogP contribution >= 0.6 is 11.8 Å². The van der Waals surface area contributed by atoms with E-state index in [-0.39, 0.29) is 4.90 Å². The lowest BCUT2D eigenvalue weighted by Gasteiger charge is -2.20. The van der Waals surface area contributed by atoms with Crippen LogP contribution in [0.15, 0.2) is 40.2 Å². The average Bonchev–Trinajstić information content (AvgIpc) is 2.23. The highest BCUT2D eigenvalue weighted by atomic mass is 32.2. The smallest absolute Gasteiger partial charge is 0.203 e. The number of aliphatic imine (C=N–C) groups is 1. The van der Waals surface area contributed by atoms with Crippen molar-refractivity contribution in [2.45, 2.75) is 9.90 Å². The second-order valence-corrected chi connectivity index (χ2v) is 4.43. The molecule has 1 aliphatic rings. The fraction of sp³-hybridized carbons (Fsp3) is 0.0909. The Morgan fingerprint density at radius 3 is 2.69 bits per heavy atom. The average molecular weight is 242 g/mol. The molecular weight excluding hydrogens is 235 g/mol. The van der Waals surface area contributed by atoms with E-state index in [0.717, 1.165) is 18.7 Å². The van der Waals surface area contributed by atoms with Gasteiger partial charge in [-0.15, -0.1) is 0 Å². The first-order valence-electron chi connectivity index (χ1n) is 4.47. The van der Waals surface area contributed by atoms with Gasteiger partial charge < -0.3 is 0 Å². The summed E-state index contributed by atoms with van der Waals surface area (Å²) in [5.74, 6) is -1.46. The molecule has 0 aliphatic carbocycles. The first kappa shape index (κ1) is 11.3. The van der Waals surface area contributed by atoms with Crippen LogP contribution in [0.2, 0.25) is 0 Å². The van der Waals surface area contributed by atoms with Gasteiger partial charge in [-0.05, 0) is 24.3 Å². The number of allylic oxidation sites excluding steroid dienone is 1. The standard InChI is InChI=1S/C11H7F3NS/c12-8-2-3-10(9(13)6-8)16-11(14)4-1-5-15-7-11/h1-7H. The molecule has 0 saturated carbocycles. The Morgan fingerprint density at radius 1 is 1.25 bits per heavy atom. The van der Waals surface area contributed by atoms with Crippen molar-refractivity contribution in [3.05, 3.63) is 48.5 Å². The molecule has 0 N–H and O–H groups in total. The number of nitrogens with zero attached hydrogens (tertiary/aromatic N) is 1. The van der Waals surface area contributed by atoms with Gasteiger partial charge >= 0.3 is 0 Å². The van der Waals surface area contributed by atoms with Gasteiger partial charge in [0.1, 0.15) is 18.2 Å². The van der Waals surface area contributed by atoms with Gasteiger partial charge in [-0.3, -0.25) is 4.99 Å². The number of hydrogen-bond acceptors (Lipinski definition) is 2. The topological polar surface area (TPSA) is 12.4 Å². The quantitative estimate of drug-likeness (QED) is 0.772. The molecule has 0 aromatic heterocycles. The van der Waals surface area contributed by atoms with Crippen molar-refractivity contribution < 1.29 is 13.2 Å². The van der Waals surface area contributed by atoms with Crippen molar-refractivity contribution in [2.75, 3.05) is 0 Å². The van der Waals surface area contributed by atoms with Gasteiger partial charge in [0.25, 0.3) is 0 Å². The summed E-state index contributed by atoms with van der Waals surface area (Å²) in [6.45, 7) is 1.07. The summed E-state index contributed by atoms with van der Waals surface area (Å²) in [4.78, 5) is 3.69. The Balaban J connectivity index is 2.20. The van der Waals surface area contributed by atoms with Gasteiger partial charge in [-0.1, -0.05) is 11.8 Å². The molecular formula is C11H7F3NS. The zero-order valence-corrected chi connectivity index (χ0v) is 8.85. The molecule has 0 saturated heterocycles. The van der Waals surface area contributed by atoms with Gasteiger partial charge in [0, 0.05) is 17.2 Å². The largest absolute Gasteiger partial charge is 0.283 e. The van der Waals surface area contributed by atoms with Crippen LogP contribution in [0.3, 0.4) is 0 Å². The molecule has 1 radical (unpaired) electrons. The maximum absolute atomic E-state index is 14.0. The molecule has 0 bridgehead atoms. The molecule has 1 aromatic carbocycles. The van der Waals surface area contributed by atoms with Crippen LogP contribution in [0.1, 0.15) is 0 Å². The van der Waals surface area contributed by atoms with E-state index in [4.69, 9.17) is 0 Å². The Hall–Kier alpha value is -1.23. The summed E-state index contributed by atoms with van der Waals surface area (Å²) in [5.41, 5.74) is 0. The van der Waals surface area contributed by atoms with Crippen LogP contribution in [0.4, 0.5) is 13.2 Å². The molecule has 16 heavy (non-hydrogen) atoms. The molecule has 2 rings (SSSR count). The Labute approximate surface area is 95.1 Å². The SMILES string of the molecule is Fc1ccc(SC2(F)[CH]N=CC=C2)c(F)c1. The fourth-order valence-corrected chi connectivity index (χ4v) is 2.09. The second-order valence-electron chi connectivity index (χ2n) is 3.16. The maximum atomic E-state index is 14.0. The van der Waals surface area contributed by atoms with E-state index in [2.05, 4.69) is 4.99 Å². The third-order valence-corrected chi connectivity index (χ3v) is 3.01. The second kappa shape index (κ2) is 4.33. The minimum absolute atomic E-state index is 0.0434. The first-order chi connectivity index (χ1) is 7.59. The molecule has 1 atom stereocenters. The molecule has 0 spiro atoms. The molecule has 1 heterocycles. The monoisotopic (exact) mass is 242 g/mol. The van der Waals surface area contributed by atoms with Crippen LogP contribution in [0.5, 0.6) is 0 Å². The lowest BCUT2D eigenvalue weighted by molar-refractivity contribution is 0.397. The van der Waals surface area contributed by atoms with Crippen LogP contribution in [-0.4, -0.2) is 11.2 Å². The van der Waals surface area contributed by atoms with E-state index in [1.807, 2.05) is 0 Å². The highest BCUT2D eigenvalue weighted by molar-refractivity contribution is 8.00. The van der Waals surface area contributed by atoms with Crippen molar-refractivity contribution in [2.24, 2.45) is 4.99 Å². The van der Waals surface area contributed by atoms with E-state index < -0.39 is 16.6 Å². The van der Waals surface area contributed by atoms with Crippen molar-refractivity contribution in [1.82, 2.24) is 0 Å². The summed E-state index contributed by atoms with van der Waals surface area (Å²) < 4.78 is 39.9. The number of dihydropyridines is 1. The number of rotatable bonds is 2. The minimum Gasteiger partial charge on any atom is -0.283 e. The van der Waals surface area contributed by atoms with E-state index in [0.29, 0.717) is 11.8 Å². The summed E-state index contributed by atoms with van der Waals surface area (Å²) >= 11 is 0.638. The number of alkyl halides is 1. The van der Waals surface area contributed by atoms with Gasteiger partial charge in [0.15, 0.2) is 0 Å². The third-order valence-electron chi connectivity index (χ3n) is 1.91. The molecule has 5 heteroatoms. The van der Waals surface area contributed by atoms with Gasteiger partial charge in [0.05, 0.1) is 0 Å². The summed E-state index contributed by atoms with van der Waals surface area (Å²) in [7, 11) is 0. The van der Waals surface area contributed by atoms with E-state index in [1.165, 1.54) is 24.4 Å². The summed E-state index contributed by atoms with van der Waals surface area (Å²) in [6, 6.07) is 3.02. The summed E-state index contributed by atoms with van der Waals surface area (Å²) in [6.07, 6.45) is 4.13. The Kier molecular flexibility index (Phi) is 3.05. The zero-order valence-electron chi connectivity index (χ0n) is 8.03. The number of hydrogen-bond donors (Lipinski definition) is 0. The van der Waals surface area contributed by atoms with Gasteiger partial charge in [-0.2, -0.15) is 0 Å². The molecule has 0 fully saturated rings. The molecule has 1 unspecified atom stereocenters. The predicted molar refractivity (Wildman–Crippen MR) is 58.0 cm³/mol. The highest BCUT2D eigenvalue weighted by Crippen LogP contribution is 2.40. The van der Waals surface area contributed by atoms with Crippen LogP contribution < -0.4 is 0 Å². The van der Waals surface area contributed by atoms with Crippen LogP contribution in [0, 0.1) is 18.2 Å². The van der Waals surface area contributed by atoms with Crippen LogP contribution in [0.25, 0.3) is 0 Å². The maximum Gasteiger partial charge on any atom is 0.203 e. The Morgan fingerprint density at radius 2 is 2.06 bits per heavy atom. The normalized spacial score (nSPS) is 23.7. The van der Waals surface area contributed by atoms with Crippen LogP contribution in [-0.2, 0) is 0 Å². The molecule has 0 amide bonds. The molecule has 1 nitrogen and oxygen atoms in total. The van der Waals surface area contributed by atoms with Crippen molar-refractivity contribution in [3.8, 4) is 0 Å². The van der Waals surface area contributed by atoms with Crippen molar-refractivity contribution in [1.29, 1.82) is 0 Å². The summed E-state index contributed by atoms with van der Waals surface area (Å²) in [5, 5.41) is -1.88. The number of thioether (sulfide) groups is 1. The minimum atomic E-state index is -1.88. The zero-order chi connectivity index (χ0) is 11.6. The molecule has 1 aromatic rings. The lowest BCUT2D eigenvalue weighted by atomic mass is 10.3. The van der Waals surface area contributed by atoms with Gasteiger partial charge in [0.2, 0.25) is 5.00 Å². The van der Waals surface area contributed by atoms with Gasteiger partial charge in [-0.25, -0.2) is 13.2 Å².